The van der Waals surface area contributed by atoms with Crippen LogP contribution in [0.4, 0.5) is 5.82 Å². The topological polar surface area (TPSA) is 71.3 Å². The van der Waals surface area contributed by atoms with Crippen molar-refractivity contribution < 1.29 is 9.21 Å². The van der Waals surface area contributed by atoms with Crippen LogP contribution in [0.1, 0.15) is 29.1 Å². The van der Waals surface area contributed by atoms with E-state index >= 15 is 0 Å². The Kier molecular flexibility index (Phi) is 4.64. The number of carbonyl (C=O) groups is 1. The lowest BCUT2D eigenvalue weighted by Crippen LogP contribution is -2.26. The maximum atomic E-state index is 12.6. The lowest BCUT2D eigenvalue weighted by molar-refractivity contribution is 0.0943. The molecule has 1 aromatic carbocycles. The van der Waals surface area contributed by atoms with Gasteiger partial charge in [0.25, 0.3) is 5.91 Å². The summed E-state index contributed by atoms with van der Waals surface area (Å²) in [4.78, 5) is 24.0. The standard InChI is InChI=1S/C20H20N4O2/c25-20(21-14-16-9-6-12-26-16)17-13-18(24-10-4-5-11-24)23-19(22-17)15-7-2-1-3-8-15/h1-3,6-9,12-13H,4-5,10-11,14H2,(H,21,25). The summed E-state index contributed by atoms with van der Waals surface area (Å²) in [6, 6.07) is 15.1. The zero-order chi connectivity index (χ0) is 17.8. The Bertz CT molecular complexity index is 872. The van der Waals surface area contributed by atoms with Crippen LogP contribution in [0.2, 0.25) is 0 Å². The number of carbonyl (C=O) groups excluding carboxylic acids is 1. The first-order valence-electron chi connectivity index (χ1n) is 8.79. The minimum atomic E-state index is -0.235. The molecule has 6 nitrogen and oxygen atoms in total. The molecule has 1 N–H and O–H groups in total. The number of nitrogens with one attached hydrogen (secondary N) is 1. The van der Waals surface area contributed by atoms with Crippen LogP contribution in [0, 0.1) is 0 Å². The highest BCUT2D eigenvalue weighted by atomic mass is 16.3. The molecule has 0 spiro atoms. The summed E-state index contributed by atoms with van der Waals surface area (Å²) in [7, 11) is 0. The summed E-state index contributed by atoms with van der Waals surface area (Å²) in [5.41, 5.74) is 1.26. The molecule has 0 atom stereocenters. The van der Waals surface area contributed by atoms with Gasteiger partial charge in [-0.2, -0.15) is 0 Å². The van der Waals surface area contributed by atoms with Gasteiger partial charge in [-0.15, -0.1) is 0 Å². The Balaban J connectivity index is 1.63. The van der Waals surface area contributed by atoms with Gasteiger partial charge in [0.1, 0.15) is 17.3 Å². The van der Waals surface area contributed by atoms with Crippen molar-refractivity contribution >= 4 is 11.7 Å². The summed E-state index contributed by atoms with van der Waals surface area (Å²) < 4.78 is 5.26. The first-order chi connectivity index (χ1) is 12.8. The van der Waals surface area contributed by atoms with E-state index in [-0.39, 0.29) is 5.91 Å². The molecule has 0 aliphatic carbocycles. The highest BCUT2D eigenvalue weighted by molar-refractivity contribution is 5.93. The predicted octanol–water partition coefficient (Wildman–Crippen LogP) is 3.27. The normalized spacial score (nSPS) is 13.8. The van der Waals surface area contributed by atoms with Gasteiger partial charge in [0.05, 0.1) is 12.8 Å². The molecule has 6 heteroatoms. The number of nitrogens with zero attached hydrogens (tertiary/aromatic N) is 3. The molecule has 0 unspecified atom stereocenters. The highest BCUT2D eigenvalue weighted by Crippen LogP contribution is 2.23. The van der Waals surface area contributed by atoms with Crippen molar-refractivity contribution in [3.8, 4) is 11.4 Å². The van der Waals surface area contributed by atoms with Crippen molar-refractivity contribution in [3.05, 3.63) is 66.2 Å². The molecule has 3 aromatic rings. The average molecular weight is 348 g/mol. The predicted molar refractivity (Wildman–Crippen MR) is 98.8 cm³/mol. The third kappa shape index (κ3) is 3.59. The van der Waals surface area contributed by atoms with Crippen molar-refractivity contribution in [2.75, 3.05) is 18.0 Å². The fraction of sp³-hybridized carbons (Fsp3) is 0.250. The summed E-state index contributed by atoms with van der Waals surface area (Å²) in [5.74, 6) is 1.84. The van der Waals surface area contributed by atoms with E-state index in [9.17, 15) is 4.79 Å². The lowest BCUT2D eigenvalue weighted by atomic mass is 10.2. The van der Waals surface area contributed by atoms with E-state index in [4.69, 9.17) is 9.40 Å². The van der Waals surface area contributed by atoms with E-state index in [0.717, 1.165) is 37.3 Å². The molecular formula is C20H20N4O2. The highest BCUT2D eigenvalue weighted by Gasteiger charge is 2.19. The van der Waals surface area contributed by atoms with Crippen molar-refractivity contribution in [2.24, 2.45) is 0 Å². The number of furan rings is 1. The smallest absolute Gasteiger partial charge is 0.270 e. The zero-order valence-corrected chi connectivity index (χ0v) is 14.4. The number of benzene rings is 1. The summed E-state index contributed by atoms with van der Waals surface area (Å²) in [6.07, 6.45) is 3.88. The van der Waals surface area contributed by atoms with Gasteiger partial charge in [-0.05, 0) is 25.0 Å². The third-order valence-electron chi connectivity index (χ3n) is 4.41. The second-order valence-corrected chi connectivity index (χ2v) is 6.26. The molecule has 132 valence electrons. The molecule has 4 rings (SSSR count). The number of rotatable bonds is 5. The molecule has 0 bridgehead atoms. The monoisotopic (exact) mass is 348 g/mol. The number of anilines is 1. The third-order valence-corrected chi connectivity index (χ3v) is 4.41. The summed E-state index contributed by atoms with van der Waals surface area (Å²) >= 11 is 0. The van der Waals surface area contributed by atoms with Crippen LogP contribution < -0.4 is 10.2 Å². The van der Waals surface area contributed by atoms with Crippen LogP contribution in [-0.2, 0) is 6.54 Å². The van der Waals surface area contributed by atoms with Gasteiger partial charge in [-0.3, -0.25) is 4.79 Å². The van der Waals surface area contributed by atoms with Gasteiger partial charge < -0.3 is 14.6 Å². The molecule has 1 aliphatic rings. The van der Waals surface area contributed by atoms with Crippen LogP contribution in [0.3, 0.4) is 0 Å². The molecule has 0 saturated carbocycles. The van der Waals surface area contributed by atoms with E-state index in [1.54, 1.807) is 18.4 Å². The fourth-order valence-corrected chi connectivity index (χ4v) is 3.05. The number of hydrogen-bond donors (Lipinski definition) is 1. The number of amides is 1. The van der Waals surface area contributed by atoms with Crippen molar-refractivity contribution in [3.63, 3.8) is 0 Å². The zero-order valence-electron chi connectivity index (χ0n) is 14.4. The Morgan fingerprint density at radius 3 is 2.62 bits per heavy atom. The van der Waals surface area contributed by atoms with Gasteiger partial charge in [0, 0.05) is 24.7 Å². The summed E-state index contributed by atoms with van der Waals surface area (Å²) in [5, 5.41) is 2.86. The van der Waals surface area contributed by atoms with Gasteiger partial charge in [-0.1, -0.05) is 30.3 Å². The van der Waals surface area contributed by atoms with Crippen molar-refractivity contribution in [1.29, 1.82) is 0 Å². The van der Waals surface area contributed by atoms with Gasteiger partial charge in [0.2, 0.25) is 0 Å². The quantitative estimate of drug-likeness (QED) is 0.766. The van der Waals surface area contributed by atoms with Crippen LogP contribution in [0.5, 0.6) is 0 Å². The second-order valence-electron chi connectivity index (χ2n) is 6.26. The van der Waals surface area contributed by atoms with E-state index in [1.807, 2.05) is 36.4 Å². The van der Waals surface area contributed by atoms with Crippen LogP contribution in [0.25, 0.3) is 11.4 Å². The van der Waals surface area contributed by atoms with Crippen LogP contribution >= 0.6 is 0 Å². The number of aromatic nitrogens is 2. The molecule has 1 aliphatic heterocycles. The second kappa shape index (κ2) is 7.39. The lowest BCUT2D eigenvalue weighted by Gasteiger charge is -2.18. The molecule has 1 amide bonds. The Hall–Kier alpha value is -3.15. The van der Waals surface area contributed by atoms with Crippen LogP contribution in [0.15, 0.2) is 59.2 Å². The van der Waals surface area contributed by atoms with Gasteiger partial charge >= 0.3 is 0 Å². The molecule has 2 aromatic heterocycles. The molecule has 1 fully saturated rings. The Labute approximate surface area is 151 Å². The average Bonchev–Trinajstić information content (AvgIpc) is 3.40. The first-order valence-corrected chi connectivity index (χ1v) is 8.79. The van der Waals surface area contributed by atoms with E-state index in [2.05, 4.69) is 15.2 Å². The number of hydrogen-bond acceptors (Lipinski definition) is 5. The van der Waals surface area contributed by atoms with Crippen molar-refractivity contribution in [2.45, 2.75) is 19.4 Å². The Morgan fingerprint density at radius 2 is 1.88 bits per heavy atom. The molecule has 3 heterocycles. The van der Waals surface area contributed by atoms with Crippen molar-refractivity contribution in [1.82, 2.24) is 15.3 Å². The van der Waals surface area contributed by atoms with E-state index in [0.29, 0.717) is 23.8 Å². The largest absolute Gasteiger partial charge is 0.467 e. The Morgan fingerprint density at radius 1 is 1.08 bits per heavy atom. The fourth-order valence-electron chi connectivity index (χ4n) is 3.05. The SMILES string of the molecule is O=C(NCc1ccco1)c1cc(N2CCCC2)nc(-c2ccccc2)n1. The van der Waals surface area contributed by atoms with Gasteiger partial charge in [-0.25, -0.2) is 9.97 Å². The summed E-state index contributed by atoms with van der Waals surface area (Å²) in [6.45, 7) is 2.24. The molecule has 0 radical (unpaired) electrons. The van der Waals surface area contributed by atoms with E-state index < -0.39 is 0 Å². The van der Waals surface area contributed by atoms with E-state index in [1.165, 1.54) is 0 Å². The maximum absolute atomic E-state index is 12.6. The molecular weight excluding hydrogens is 328 g/mol. The molecule has 1 saturated heterocycles. The minimum absolute atomic E-state index is 0.235. The minimum Gasteiger partial charge on any atom is -0.467 e. The van der Waals surface area contributed by atoms with Gasteiger partial charge in [0.15, 0.2) is 5.82 Å². The van der Waals surface area contributed by atoms with Crippen LogP contribution in [-0.4, -0.2) is 29.0 Å². The maximum Gasteiger partial charge on any atom is 0.270 e. The molecule has 26 heavy (non-hydrogen) atoms. The first kappa shape index (κ1) is 16.3.